The van der Waals surface area contributed by atoms with Crippen molar-refractivity contribution >= 4 is 40.4 Å². The van der Waals surface area contributed by atoms with Crippen molar-refractivity contribution in [1.82, 2.24) is 0 Å². The highest BCUT2D eigenvalue weighted by atomic mass is 35.5. The van der Waals surface area contributed by atoms with Crippen LogP contribution in [0.5, 0.6) is 5.75 Å². The number of methoxy groups -OCH3 is 1. The third-order valence-corrected chi connectivity index (χ3v) is 4.89. The van der Waals surface area contributed by atoms with E-state index >= 15 is 0 Å². The molecule has 0 aliphatic carbocycles. The Balaban J connectivity index is 1.84. The number of carbonyl (C=O) groups excluding carboxylic acids is 2. The number of benzene rings is 3. The number of nitrogens with zero attached hydrogens (tertiary/aromatic N) is 1. The van der Waals surface area contributed by atoms with Gasteiger partial charge in [-0.3, -0.25) is 9.59 Å². The van der Waals surface area contributed by atoms with Crippen LogP contribution in [0.4, 0.5) is 15.8 Å². The molecule has 30 heavy (non-hydrogen) atoms. The Morgan fingerprint density at radius 1 is 0.933 bits per heavy atom. The number of hydrogen-bond donors (Lipinski definition) is 1. The molecule has 0 aromatic heterocycles. The number of hydrogen-bond acceptors (Lipinski definition) is 4. The number of imide groups is 1. The predicted molar refractivity (Wildman–Crippen MR) is 114 cm³/mol. The minimum Gasteiger partial charge on any atom is -0.495 e. The van der Waals surface area contributed by atoms with E-state index in [1.54, 1.807) is 42.5 Å². The molecule has 1 N–H and O–H groups in total. The van der Waals surface area contributed by atoms with Gasteiger partial charge in [0.25, 0.3) is 11.8 Å². The lowest BCUT2D eigenvalue weighted by Crippen LogP contribution is -2.32. The van der Waals surface area contributed by atoms with Gasteiger partial charge in [0.1, 0.15) is 17.3 Å². The van der Waals surface area contributed by atoms with Crippen LogP contribution in [-0.4, -0.2) is 18.9 Å². The van der Waals surface area contributed by atoms with Gasteiger partial charge in [-0.25, -0.2) is 9.29 Å². The zero-order valence-electron chi connectivity index (χ0n) is 15.9. The molecule has 3 aromatic carbocycles. The maximum atomic E-state index is 13.4. The molecule has 4 rings (SSSR count). The van der Waals surface area contributed by atoms with E-state index in [4.69, 9.17) is 16.3 Å². The quantitative estimate of drug-likeness (QED) is 0.595. The summed E-state index contributed by atoms with van der Waals surface area (Å²) in [4.78, 5) is 27.6. The average Bonchev–Trinajstić information content (AvgIpc) is 2.99. The van der Waals surface area contributed by atoms with E-state index < -0.39 is 17.6 Å². The van der Waals surface area contributed by atoms with Gasteiger partial charge in [0.15, 0.2) is 0 Å². The van der Waals surface area contributed by atoms with Crippen molar-refractivity contribution in [1.29, 1.82) is 0 Å². The van der Waals surface area contributed by atoms with Crippen LogP contribution in [0.25, 0.3) is 5.57 Å². The van der Waals surface area contributed by atoms with Crippen molar-refractivity contribution in [3.05, 3.63) is 94.9 Å². The lowest BCUT2D eigenvalue weighted by atomic mass is 10.0. The van der Waals surface area contributed by atoms with Gasteiger partial charge in [0, 0.05) is 5.02 Å². The Morgan fingerprint density at radius 3 is 2.30 bits per heavy atom. The summed E-state index contributed by atoms with van der Waals surface area (Å²) in [5.74, 6) is -1.08. The van der Waals surface area contributed by atoms with Crippen LogP contribution in [0.2, 0.25) is 5.02 Å². The van der Waals surface area contributed by atoms with E-state index in [1.807, 2.05) is 6.07 Å². The van der Waals surface area contributed by atoms with E-state index in [2.05, 4.69) is 5.32 Å². The van der Waals surface area contributed by atoms with Crippen molar-refractivity contribution < 1.29 is 18.7 Å². The smallest absolute Gasteiger partial charge is 0.282 e. The van der Waals surface area contributed by atoms with E-state index in [0.29, 0.717) is 22.0 Å². The van der Waals surface area contributed by atoms with Crippen molar-refractivity contribution in [2.24, 2.45) is 0 Å². The van der Waals surface area contributed by atoms with Gasteiger partial charge in [-0.1, -0.05) is 41.9 Å². The summed E-state index contributed by atoms with van der Waals surface area (Å²) in [6.45, 7) is 0. The SMILES string of the molecule is COc1ccc(Cl)cc1NC1=C(c2ccccc2)C(=O)N(c2ccc(F)cc2)C1=O. The van der Waals surface area contributed by atoms with Gasteiger partial charge in [-0.05, 0) is 48.0 Å². The van der Waals surface area contributed by atoms with E-state index in [1.165, 1.54) is 31.4 Å². The lowest BCUT2D eigenvalue weighted by molar-refractivity contribution is -0.120. The first-order valence-electron chi connectivity index (χ1n) is 9.04. The topological polar surface area (TPSA) is 58.6 Å². The molecule has 1 heterocycles. The summed E-state index contributed by atoms with van der Waals surface area (Å²) in [5.41, 5.74) is 1.57. The lowest BCUT2D eigenvalue weighted by Gasteiger charge is -2.16. The summed E-state index contributed by atoms with van der Waals surface area (Å²) < 4.78 is 18.7. The minimum absolute atomic E-state index is 0.0797. The summed E-state index contributed by atoms with van der Waals surface area (Å²) in [6.07, 6.45) is 0. The monoisotopic (exact) mass is 422 g/mol. The predicted octanol–water partition coefficient (Wildman–Crippen LogP) is 4.88. The number of rotatable bonds is 5. The highest BCUT2D eigenvalue weighted by molar-refractivity contribution is 6.46. The molecule has 0 atom stereocenters. The molecule has 3 aromatic rings. The Morgan fingerprint density at radius 2 is 1.63 bits per heavy atom. The van der Waals surface area contributed by atoms with Gasteiger partial charge in [0.2, 0.25) is 0 Å². The molecule has 0 radical (unpaired) electrons. The summed E-state index contributed by atoms with van der Waals surface area (Å²) in [7, 11) is 1.49. The van der Waals surface area contributed by atoms with E-state index in [-0.39, 0.29) is 17.0 Å². The highest BCUT2D eigenvalue weighted by Crippen LogP contribution is 2.36. The molecule has 150 valence electrons. The van der Waals surface area contributed by atoms with Crippen LogP contribution in [0, 0.1) is 5.82 Å². The molecule has 5 nitrogen and oxygen atoms in total. The summed E-state index contributed by atoms with van der Waals surface area (Å²) in [6, 6.07) is 18.9. The fraction of sp³-hybridized carbons (Fsp3) is 0.0435. The molecule has 0 saturated carbocycles. The van der Waals surface area contributed by atoms with E-state index in [0.717, 1.165) is 4.90 Å². The van der Waals surface area contributed by atoms with Gasteiger partial charge in [0.05, 0.1) is 24.1 Å². The second kappa shape index (κ2) is 8.00. The Labute approximate surface area is 177 Å². The molecular weight excluding hydrogens is 407 g/mol. The first-order chi connectivity index (χ1) is 14.5. The largest absolute Gasteiger partial charge is 0.495 e. The first-order valence-corrected chi connectivity index (χ1v) is 9.42. The average molecular weight is 423 g/mol. The van der Waals surface area contributed by atoms with Gasteiger partial charge in [-0.2, -0.15) is 0 Å². The van der Waals surface area contributed by atoms with Crippen LogP contribution in [-0.2, 0) is 9.59 Å². The van der Waals surface area contributed by atoms with Gasteiger partial charge < -0.3 is 10.1 Å². The fourth-order valence-corrected chi connectivity index (χ4v) is 3.43. The number of anilines is 2. The highest BCUT2D eigenvalue weighted by Gasteiger charge is 2.40. The van der Waals surface area contributed by atoms with Crippen molar-refractivity contribution in [3.8, 4) is 5.75 Å². The molecule has 1 aliphatic heterocycles. The molecule has 1 aliphatic rings. The van der Waals surface area contributed by atoms with Gasteiger partial charge in [-0.15, -0.1) is 0 Å². The number of ether oxygens (including phenoxy) is 1. The summed E-state index contributed by atoms with van der Waals surface area (Å²) >= 11 is 6.11. The summed E-state index contributed by atoms with van der Waals surface area (Å²) in [5, 5.41) is 3.46. The maximum Gasteiger partial charge on any atom is 0.282 e. The van der Waals surface area contributed by atoms with Crippen LogP contribution in [0.3, 0.4) is 0 Å². The molecule has 2 amide bonds. The zero-order valence-corrected chi connectivity index (χ0v) is 16.6. The van der Waals surface area contributed by atoms with Gasteiger partial charge >= 0.3 is 0 Å². The molecule has 7 heteroatoms. The molecule has 0 fully saturated rings. The standard InChI is InChI=1S/C23H16ClFN2O3/c1-30-19-12-7-15(24)13-18(19)26-21-20(14-5-3-2-4-6-14)22(28)27(23(21)29)17-10-8-16(25)9-11-17/h2-13,26H,1H3. The van der Waals surface area contributed by atoms with Crippen LogP contribution in [0.1, 0.15) is 5.56 Å². The normalized spacial score (nSPS) is 13.8. The van der Waals surface area contributed by atoms with Crippen molar-refractivity contribution in [3.63, 3.8) is 0 Å². The first kappa shape index (κ1) is 19.7. The molecule has 0 saturated heterocycles. The Hall–Kier alpha value is -3.64. The molecular formula is C23H16ClFN2O3. The Kier molecular flexibility index (Phi) is 5.25. The third-order valence-electron chi connectivity index (χ3n) is 4.65. The van der Waals surface area contributed by atoms with Crippen LogP contribution in [0.15, 0.2) is 78.5 Å². The Bertz CT molecular complexity index is 1160. The van der Waals surface area contributed by atoms with Crippen molar-refractivity contribution in [2.75, 3.05) is 17.3 Å². The van der Waals surface area contributed by atoms with E-state index in [9.17, 15) is 14.0 Å². The minimum atomic E-state index is -0.563. The number of halogens is 2. The number of amides is 2. The fourth-order valence-electron chi connectivity index (χ4n) is 3.26. The van der Waals surface area contributed by atoms with Crippen LogP contribution >= 0.6 is 11.6 Å². The molecule has 0 bridgehead atoms. The second-order valence-corrected chi connectivity index (χ2v) is 6.94. The van der Waals surface area contributed by atoms with Crippen molar-refractivity contribution in [2.45, 2.75) is 0 Å². The third kappa shape index (κ3) is 3.53. The number of carbonyl (C=O) groups is 2. The zero-order chi connectivity index (χ0) is 21.3. The van der Waals surface area contributed by atoms with Crippen LogP contribution < -0.4 is 15.0 Å². The number of nitrogens with one attached hydrogen (secondary N) is 1. The maximum absolute atomic E-state index is 13.4. The molecule has 0 unspecified atom stereocenters. The molecule has 0 spiro atoms. The second-order valence-electron chi connectivity index (χ2n) is 6.51.